The van der Waals surface area contributed by atoms with Crippen molar-refractivity contribution in [3.05, 3.63) is 65.7 Å². The van der Waals surface area contributed by atoms with Crippen molar-refractivity contribution in [1.82, 2.24) is 5.32 Å². The van der Waals surface area contributed by atoms with Gasteiger partial charge in [0.2, 0.25) is 5.91 Å². The number of carbonyl (C=O) groups excluding carboxylic acids is 2. The van der Waals surface area contributed by atoms with Crippen LogP contribution in [0.1, 0.15) is 22.3 Å². The standard InChI is InChI=1S/C19H22N2O3/c1-24-19(23)16-10-5-11-17(13-16)21-14-18(22)20-12-6-9-15-7-3-2-4-8-15/h2-5,7-8,10-11,13,21H,6,9,12,14H2,1H3,(H,20,22). The lowest BCUT2D eigenvalue weighted by molar-refractivity contribution is -0.119. The first-order chi connectivity index (χ1) is 11.7. The molecule has 0 heterocycles. The number of hydrogen-bond donors (Lipinski definition) is 2. The van der Waals surface area contributed by atoms with Gasteiger partial charge in [0.1, 0.15) is 0 Å². The molecule has 0 fully saturated rings. The van der Waals surface area contributed by atoms with Gasteiger partial charge in [-0.25, -0.2) is 4.79 Å². The van der Waals surface area contributed by atoms with Gasteiger partial charge >= 0.3 is 5.97 Å². The van der Waals surface area contributed by atoms with Crippen LogP contribution in [0.2, 0.25) is 0 Å². The minimum Gasteiger partial charge on any atom is -0.465 e. The summed E-state index contributed by atoms with van der Waals surface area (Å²) in [5.74, 6) is -0.476. The van der Waals surface area contributed by atoms with E-state index in [1.807, 2.05) is 18.2 Å². The average Bonchev–Trinajstić information content (AvgIpc) is 2.64. The average molecular weight is 326 g/mol. The van der Waals surface area contributed by atoms with E-state index < -0.39 is 5.97 Å². The predicted octanol–water partition coefficient (Wildman–Crippen LogP) is 2.63. The molecule has 0 unspecified atom stereocenters. The Kier molecular flexibility index (Phi) is 6.83. The fourth-order valence-electron chi connectivity index (χ4n) is 2.28. The molecule has 2 aromatic carbocycles. The lowest BCUT2D eigenvalue weighted by atomic mass is 10.1. The van der Waals surface area contributed by atoms with Gasteiger partial charge in [-0.3, -0.25) is 4.79 Å². The highest BCUT2D eigenvalue weighted by Gasteiger charge is 2.06. The molecule has 2 N–H and O–H groups in total. The van der Waals surface area contributed by atoms with Gasteiger partial charge in [-0.1, -0.05) is 36.4 Å². The first-order valence-corrected chi connectivity index (χ1v) is 7.92. The molecule has 1 amide bonds. The third kappa shape index (κ3) is 5.76. The number of nitrogens with one attached hydrogen (secondary N) is 2. The summed E-state index contributed by atoms with van der Waals surface area (Å²) in [4.78, 5) is 23.3. The number of rotatable bonds is 8. The molecule has 0 aromatic heterocycles. The zero-order valence-electron chi connectivity index (χ0n) is 13.7. The third-order valence-electron chi connectivity index (χ3n) is 3.54. The van der Waals surface area contributed by atoms with Gasteiger partial charge < -0.3 is 15.4 Å². The Morgan fingerprint density at radius 1 is 1.04 bits per heavy atom. The van der Waals surface area contributed by atoms with Gasteiger partial charge in [-0.05, 0) is 36.6 Å². The minimum atomic E-state index is -0.399. The molecule has 0 atom stereocenters. The van der Waals surface area contributed by atoms with Crippen LogP contribution in [-0.2, 0) is 16.0 Å². The van der Waals surface area contributed by atoms with E-state index in [0.29, 0.717) is 17.8 Å². The summed E-state index contributed by atoms with van der Waals surface area (Å²) >= 11 is 0. The lowest BCUT2D eigenvalue weighted by Gasteiger charge is -2.09. The Morgan fingerprint density at radius 3 is 2.58 bits per heavy atom. The van der Waals surface area contributed by atoms with Gasteiger partial charge in [-0.15, -0.1) is 0 Å². The van der Waals surface area contributed by atoms with Crippen LogP contribution in [0.25, 0.3) is 0 Å². The van der Waals surface area contributed by atoms with E-state index in [-0.39, 0.29) is 12.5 Å². The van der Waals surface area contributed by atoms with Crippen molar-refractivity contribution < 1.29 is 14.3 Å². The fraction of sp³-hybridized carbons (Fsp3) is 0.263. The lowest BCUT2D eigenvalue weighted by Crippen LogP contribution is -2.30. The van der Waals surface area contributed by atoms with Crippen LogP contribution >= 0.6 is 0 Å². The maximum absolute atomic E-state index is 11.8. The largest absolute Gasteiger partial charge is 0.465 e. The summed E-state index contributed by atoms with van der Waals surface area (Å²) in [5, 5.41) is 5.88. The number of benzene rings is 2. The van der Waals surface area contributed by atoms with Crippen molar-refractivity contribution in [3.8, 4) is 0 Å². The molecule has 2 aromatic rings. The van der Waals surface area contributed by atoms with E-state index in [2.05, 4.69) is 27.5 Å². The zero-order chi connectivity index (χ0) is 17.2. The monoisotopic (exact) mass is 326 g/mol. The Labute approximate surface area is 142 Å². The second-order valence-electron chi connectivity index (χ2n) is 5.37. The van der Waals surface area contributed by atoms with Gasteiger partial charge in [0, 0.05) is 12.2 Å². The van der Waals surface area contributed by atoms with Crippen molar-refractivity contribution in [2.45, 2.75) is 12.8 Å². The molecular formula is C19H22N2O3. The number of esters is 1. The zero-order valence-corrected chi connectivity index (χ0v) is 13.7. The van der Waals surface area contributed by atoms with Crippen molar-refractivity contribution in [3.63, 3.8) is 0 Å². The predicted molar refractivity (Wildman–Crippen MR) is 94.0 cm³/mol. The number of ether oxygens (including phenoxy) is 1. The quantitative estimate of drug-likeness (QED) is 0.578. The molecule has 24 heavy (non-hydrogen) atoms. The number of carbonyl (C=O) groups is 2. The summed E-state index contributed by atoms with van der Waals surface area (Å²) in [5.41, 5.74) is 2.42. The number of methoxy groups -OCH3 is 1. The normalized spacial score (nSPS) is 10.0. The highest BCUT2D eigenvalue weighted by Crippen LogP contribution is 2.11. The fourth-order valence-corrected chi connectivity index (χ4v) is 2.28. The number of amides is 1. The van der Waals surface area contributed by atoms with Crippen LogP contribution < -0.4 is 10.6 Å². The van der Waals surface area contributed by atoms with Crippen molar-refractivity contribution in [2.24, 2.45) is 0 Å². The van der Waals surface area contributed by atoms with Crippen molar-refractivity contribution in [1.29, 1.82) is 0 Å². The van der Waals surface area contributed by atoms with Gasteiger partial charge in [0.25, 0.3) is 0 Å². The van der Waals surface area contributed by atoms with Crippen LogP contribution in [0, 0.1) is 0 Å². The summed E-state index contributed by atoms with van der Waals surface area (Å²) in [6.45, 7) is 0.799. The van der Waals surface area contributed by atoms with Crippen LogP contribution in [0.15, 0.2) is 54.6 Å². The maximum Gasteiger partial charge on any atom is 0.337 e. The van der Waals surface area contributed by atoms with Gasteiger partial charge in [0.15, 0.2) is 0 Å². The van der Waals surface area contributed by atoms with E-state index in [4.69, 9.17) is 0 Å². The third-order valence-corrected chi connectivity index (χ3v) is 3.54. The second kappa shape index (κ2) is 9.35. The SMILES string of the molecule is COC(=O)c1cccc(NCC(=O)NCCCc2ccccc2)c1. The Morgan fingerprint density at radius 2 is 1.83 bits per heavy atom. The molecule has 0 aliphatic heterocycles. The van der Waals surface area contributed by atoms with Crippen LogP contribution in [0.4, 0.5) is 5.69 Å². The molecule has 0 radical (unpaired) electrons. The summed E-state index contributed by atoms with van der Waals surface area (Å²) in [7, 11) is 1.34. The molecule has 0 bridgehead atoms. The van der Waals surface area contributed by atoms with Crippen LogP contribution in [-0.4, -0.2) is 32.1 Å². The summed E-state index contributed by atoms with van der Waals surface area (Å²) < 4.78 is 4.67. The first-order valence-electron chi connectivity index (χ1n) is 7.92. The summed E-state index contributed by atoms with van der Waals surface area (Å²) in [6.07, 6.45) is 1.84. The van der Waals surface area contributed by atoms with Gasteiger partial charge in [0.05, 0.1) is 19.2 Å². The van der Waals surface area contributed by atoms with Crippen molar-refractivity contribution >= 4 is 17.6 Å². The minimum absolute atomic E-state index is 0.0773. The molecule has 0 aliphatic rings. The van der Waals surface area contributed by atoms with E-state index in [1.165, 1.54) is 12.7 Å². The molecule has 0 aliphatic carbocycles. The summed E-state index contributed by atoms with van der Waals surface area (Å²) in [6, 6.07) is 17.1. The van der Waals surface area contributed by atoms with Crippen LogP contribution in [0.5, 0.6) is 0 Å². The number of aryl methyl sites for hydroxylation is 1. The maximum atomic E-state index is 11.8. The Balaban J connectivity index is 1.68. The topological polar surface area (TPSA) is 67.4 Å². The second-order valence-corrected chi connectivity index (χ2v) is 5.37. The molecule has 0 spiro atoms. The van der Waals surface area contributed by atoms with Crippen LogP contribution in [0.3, 0.4) is 0 Å². The highest BCUT2D eigenvalue weighted by molar-refractivity contribution is 5.90. The molecule has 126 valence electrons. The molecule has 2 rings (SSSR count). The van der Waals surface area contributed by atoms with E-state index in [9.17, 15) is 9.59 Å². The Bertz CT molecular complexity index is 671. The molecular weight excluding hydrogens is 304 g/mol. The molecule has 5 nitrogen and oxygen atoms in total. The highest BCUT2D eigenvalue weighted by atomic mass is 16.5. The molecule has 5 heteroatoms. The van der Waals surface area contributed by atoms with E-state index in [0.717, 1.165) is 12.8 Å². The number of anilines is 1. The number of hydrogen-bond acceptors (Lipinski definition) is 4. The van der Waals surface area contributed by atoms with Gasteiger partial charge in [-0.2, -0.15) is 0 Å². The van der Waals surface area contributed by atoms with E-state index in [1.54, 1.807) is 24.3 Å². The molecule has 0 saturated carbocycles. The van der Waals surface area contributed by atoms with Crippen molar-refractivity contribution in [2.75, 3.05) is 25.5 Å². The smallest absolute Gasteiger partial charge is 0.337 e. The molecule has 0 saturated heterocycles. The first kappa shape index (κ1) is 17.5. The Hall–Kier alpha value is -2.82. The van der Waals surface area contributed by atoms with E-state index >= 15 is 0 Å².